The van der Waals surface area contributed by atoms with E-state index in [1.165, 1.54) is 6.07 Å². The highest BCUT2D eigenvalue weighted by atomic mass is 19.2. The Morgan fingerprint density at radius 2 is 2.25 bits per heavy atom. The molecule has 0 amide bonds. The Bertz CT molecular complexity index is 579. The van der Waals surface area contributed by atoms with E-state index in [1.807, 2.05) is 0 Å². The maximum Gasteiger partial charge on any atom is 0.270 e. The van der Waals surface area contributed by atoms with Crippen LogP contribution in [0.25, 0.3) is 0 Å². The van der Waals surface area contributed by atoms with E-state index in [0.717, 1.165) is 17.7 Å². The van der Waals surface area contributed by atoms with Gasteiger partial charge in [-0.15, -0.1) is 0 Å². The Balaban J connectivity index is 2.54. The predicted molar refractivity (Wildman–Crippen MR) is 60.6 cm³/mol. The van der Waals surface area contributed by atoms with Crippen LogP contribution >= 0.6 is 0 Å². The van der Waals surface area contributed by atoms with Crippen LogP contribution < -0.4 is 11.4 Å². The molecule has 1 aliphatic heterocycles. The summed E-state index contributed by atoms with van der Waals surface area (Å²) in [7, 11) is 0. The summed E-state index contributed by atoms with van der Waals surface area (Å²) in [5.41, 5.74) is 2.35. The third-order valence-corrected chi connectivity index (χ3v) is 3.16. The van der Waals surface area contributed by atoms with Gasteiger partial charge in [-0.25, -0.2) is 8.78 Å². The van der Waals surface area contributed by atoms with Crippen molar-refractivity contribution in [1.29, 1.82) is 0 Å². The van der Waals surface area contributed by atoms with E-state index < -0.39 is 36.1 Å². The normalized spacial score (nSPS) is 38.4. The van der Waals surface area contributed by atoms with Gasteiger partial charge in [0.05, 0.1) is 0 Å². The number of hydrogen-bond acceptors (Lipinski definition) is 7. The maximum absolute atomic E-state index is 14.5. The molecule has 0 unspecified atom stereocenters. The highest BCUT2D eigenvalue weighted by Crippen LogP contribution is 2.46. The van der Waals surface area contributed by atoms with Crippen LogP contribution in [0.2, 0.25) is 0 Å². The van der Waals surface area contributed by atoms with Crippen LogP contribution in [0.3, 0.4) is 0 Å². The van der Waals surface area contributed by atoms with Crippen LogP contribution in [0, 0.1) is 0 Å². The largest absolute Gasteiger partial charge is 0.408 e. The van der Waals surface area contributed by atoms with Crippen LogP contribution in [-0.2, 0) is 4.74 Å². The molecule has 20 heavy (non-hydrogen) atoms. The molecule has 0 saturated carbocycles. The quantitative estimate of drug-likeness (QED) is 0.410. The second-order valence-corrected chi connectivity index (χ2v) is 4.63. The van der Waals surface area contributed by atoms with Gasteiger partial charge in [0.15, 0.2) is 18.0 Å². The van der Waals surface area contributed by atoms with Gasteiger partial charge in [0.2, 0.25) is 0 Å². The average molecular weight is 292 g/mol. The van der Waals surface area contributed by atoms with Crippen LogP contribution in [0.1, 0.15) is 13.2 Å². The first-order chi connectivity index (χ1) is 9.26. The Morgan fingerprint density at radius 1 is 1.60 bits per heavy atom. The zero-order valence-corrected chi connectivity index (χ0v) is 10.4. The number of nitrogens with zero attached hydrogens (tertiary/aromatic N) is 3. The van der Waals surface area contributed by atoms with Crippen molar-refractivity contribution in [2.24, 2.45) is 5.16 Å². The molecule has 4 atom stereocenters. The number of alkyl halides is 2. The number of ether oxygens (including phenoxy) is 1. The Hall–Kier alpha value is -1.78. The Labute approximate surface area is 111 Å². The minimum atomic E-state index is -2.98. The Kier molecular flexibility index (Phi) is 3.40. The number of halogens is 2. The van der Waals surface area contributed by atoms with Crippen molar-refractivity contribution in [3.05, 3.63) is 17.9 Å². The van der Waals surface area contributed by atoms with Crippen molar-refractivity contribution in [3.8, 4) is 0 Å². The summed E-state index contributed by atoms with van der Waals surface area (Å²) in [4.78, 5) is 3.61. The molecular formula is C10H14F2N4O4. The van der Waals surface area contributed by atoms with Crippen molar-refractivity contribution >= 4 is 5.82 Å². The van der Waals surface area contributed by atoms with Crippen molar-refractivity contribution in [3.63, 3.8) is 0 Å². The number of nitrogens with two attached hydrogens (primary N) is 1. The highest BCUT2D eigenvalue weighted by Gasteiger charge is 2.64. The molecule has 10 heteroatoms. The van der Waals surface area contributed by atoms with Gasteiger partial charge in [0, 0.05) is 6.20 Å². The van der Waals surface area contributed by atoms with E-state index in [9.17, 15) is 13.9 Å². The molecular weight excluding hydrogens is 278 g/mol. The van der Waals surface area contributed by atoms with Gasteiger partial charge in [-0.3, -0.25) is 4.57 Å². The summed E-state index contributed by atoms with van der Waals surface area (Å²) in [5, 5.41) is 30.2. The molecule has 0 aliphatic carbocycles. The van der Waals surface area contributed by atoms with E-state index in [1.54, 1.807) is 0 Å². The molecule has 1 saturated heterocycles. The van der Waals surface area contributed by atoms with E-state index in [-0.39, 0.29) is 5.82 Å². The molecule has 1 aromatic rings. The number of nitrogen functional groups attached to an aromatic ring is 1. The first kappa shape index (κ1) is 14.6. The summed E-state index contributed by atoms with van der Waals surface area (Å²) >= 11 is 0. The second kappa shape index (κ2) is 4.65. The molecule has 1 aromatic heterocycles. The van der Waals surface area contributed by atoms with Gasteiger partial charge < -0.3 is 25.9 Å². The predicted octanol–water partition coefficient (Wildman–Crippen LogP) is -0.969. The molecule has 112 valence electrons. The summed E-state index contributed by atoms with van der Waals surface area (Å²) in [5.74, 6) is -2.99. The number of aliphatic hydroxyl groups is 2. The van der Waals surface area contributed by atoms with Crippen LogP contribution in [0.15, 0.2) is 17.4 Å². The number of aliphatic hydroxyl groups excluding tert-OH is 2. The zero-order chi connectivity index (χ0) is 15.1. The van der Waals surface area contributed by atoms with Gasteiger partial charge in [0.1, 0.15) is 12.4 Å². The fourth-order valence-corrected chi connectivity index (χ4v) is 2.07. The number of aromatic nitrogens is 2. The first-order valence-corrected chi connectivity index (χ1v) is 5.63. The lowest BCUT2D eigenvalue weighted by atomic mass is 9.97. The summed E-state index contributed by atoms with van der Waals surface area (Å²) in [6.07, 6.45) is -2.77. The van der Waals surface area contributed by atoms with Crippen LogP contribution in [0.4, 0.5) is 14.6 Å². The molecule has 8 nitrogen and oxygen atoms in total. The summed E-state index contributed by atoms with van der Waals surface area (Å²) < 4.78 is 34.2. The molecule has 0 spiro atoms. The minimum absolute atomic E-state index is 0.0122. The van der Waals surface area contributed by atoms with Crippen LogP contribution in [-0.4, -0.2) is 49.2 Å². The van der Waals surface area contributed by atoms with E-state index in [2.05, 4.69) is 10.1 Å². The first-order valence-electron chi connectivity index (χ1n) is 5.63. The Morgan fingerprint density at radius 3 is 2.75 bits per heavy atom. The molecule has 1 fully saturated rings. The smallest absolute Gasteiger partial charge is 0.270 e. The molecule has 0 aromatic carbocycles. The molecule has 1 aliphatic rings. The zero-order valence-electron chi connectivity index (χ0n) is 10.4. The third-order valence-electron chi connectivity index (χ3n) is 3.16. The number of anilines is 1. The van der Waals surface area contributed by atoms with Crippen molar-refractivity contribution in [2.45, 2.75) is 30.8 Å². The summed E-state index contributed by atoms with van der Waals surface area (Å²) in [6, 6.07) is 1.25. The standard InChI is InChI=1S/C10H14F2N4O4/c1-9(11)6(18)10(12,4-17)20-7(9)16-3-2-5(13)14-8(16)15-19/h2-3,6-7,17-19H,4H2,1H3,(H2,13,14,15)/t6-,7+,9+,10+/m0/s1. The van der Waals surface area contributed by atoms with Crippen LogP contribution in [0.5, 0.6) is 0 Å². The molecule has 5 N–H and O–H groups in total. The molecule has 2 rings (SSSR count). The molecule has 2 heterocycles. The maximum atomic E-state index is 14.5. The number of hydrogen-bond donors (Lipinski definition) is 4. The van der Waals surface area contributed by atoms with Crippen molar-refractivity contribution < 1.29 is 28.9 Å². The number of rotatable bonds is 2. The molecule has 0 bridgehead atoms. The third kappa shape index (κ3) is 2.01. The van der Waals surface area contributed by atoms with Gasteiger partial charge >= 0.3 is 0 Å². The van der Waals surface area contributed by atoms with Gasteiger partial charge in [-0.1, -0.05) is 0 Å². The lowest BCUT2D eigenvalue weighted by molar-refractivity contribution is -0.207. The second-order valence-electron chi connectivity index (χ2n) is 4.63. The van der Waals surface area contributed by atoms with Gasteiger partial charge in [-0.05, 0) is 18.1 Å². The van der Waals surface area contributed by atoms with Crippen molar-refractivity contribution in [2.75, 3.05) is 12.3 Å². The topological polar surface area (TPSA) is 126 Å². The van der Waals surface area contributed by atoms with Crippen molar-refractivity contribution in [1.82, 2.24) is 9.55 Å². The van der Waals surface area contributed by atoms with E-state index in [0.29, 0.717) is 0 Å². The SMILES string of the molecule is C[C@]1(F)[C@H](n2ccc(N)n/c2=N\O)O[C@](F)(CO)[C@H]1O. The average Bonchev–Trinajstić information content (AvgIpc) is 2.60. The van der Waals surface area contributed by atoms with Gasteiger partial charge in [0.25, 0.3) is 11.5 Å². The van der Waals surface area contributed by atoms with E-state index in [4.69, 9.17) is 20.8 Å². The highest BCUT2D eigenvalue weighted by molar-refractivity contribution is 5.23. The van der Waals surface area contributed by atoms with Gasteiger partial charge in [-0.2, -0.15) is 4.98 Å². The van der Waals surface area contributed by atoms with E-state index >= 15 is 0 Å². The molecule has 0 radical (unpaired) electrons. The lowest BCUT2D eigenvalue weighted by Gasteiger charge is -2.25. The monoisotopic (exact) mass is 292 g/mol. The minimum Gasteiger partial charge on any atom is -0.408 e. The fraction of sp³-hybridized carbons (Fsp3) is 0.600. The fourth-order valence-electron chi connectivity index (χ4n) is 2.07. The lowest BCUT2D eigenvalue weighted by Crippen LogP contribution is -2.47. The summed E-state index contributed by atoms with van der Waals surface area (Å²) in [6.45, 7) is -0.345.